The second-order valence-electron chi connectivity index (χ2n) is 6.57. The van der Waals surface area contributed by atoms with Gasteiger partial charge < -0.3 is 0 Å². The van der Waals surface area contributed by atoms with Crippen molar-refractivity contribution in [1.29, 1.82) is 0 Å². The van der Waals surface area contributed by atoms with Crippen molar-refractivity contribution in [2.45, 2.75) is 80.1 Å². The summed E-state index contributed by atoms with van der Waals surface area (Å²) >= 11 is 0. The molecule has 0 saturated carbocycles. The minimum Gasteiger partial charge on any atom is -0.115 e. The van der Waals surface area contributed by atoms with Gasteiger partial charge in [-0.3, -0.25) is 0 Å². The fourth-order valence-electron chi connectivity index (χ4n) is 2.20. The van der Waals surface area contributed by atoms with Crippen LogP contribution in [0.4, 0.5) is 0 Å². The molecule has 0 spiro atoms. The smallest absolute Gasteiger partial charge is 0.0119 e. The number of hydrogen-bond acceptors (Lipinski definition) is 0. The molecule has 0 amide bonds. The summed E-state index contributed by atoms with van der Waals surface area (Å²) in [5.41, 5.74) is 3.95. The van der Waals surface area contributed by atoms with Crippen LogP contribution in [0.25, 0.3) is 0 Å². The van der Waals surface area contributed by atoms with Crippen LogP contribution < -0.4 is 0 Å². The van der Waals surface area contributed by atoms with E-state index in [9.17, 15) is 0 Å². The van der Waals surface area contributed by atoms with Gasteiger partial charge in [0.25, 0.3) is 0 Å². The van der Waals surface area contributed by atoms with Crippen molar-refractivity contribution in [1.82, 2.24) is 0 Å². The molecule has 0 aromatic carbocycles. The molecule has 0 aromatic rings. The lowest BCUT2D eigenvalue weighted by molar-refractivity contribution is 0.665. The highest BCUT2D eigenvalue weighted by atomic mass is 14.1. The predicted octanol–water partition coefficient (Wildman–Crippen LogP) is 9.01. The summed E-state index contributed by atoms with van der Waals surface area (Å²) in [6.45, 7) is 22.7. The van der Waals surface area contributed by atoms with Gasteiger partial charge in [-0.15, -0.1) is 19.6 Å². The van der Waals surface area contributed by atoms with Crippen LogP contribution in [-0.4, -0.2) is 0 Å². The third kappa shape index (κ3) is 24.0. The summed E-state index contributed by atoms with van der Waals surface area (Å²) in [5.74, 6) is 3.14. The number of unbranched alkanes of at least 4 members (excludes halogenated alkanes) is 3. The van der Waals surface area contributed by atoms with Gasteiger partial charge in [0.05, 0.1) is 0 Å². The SMILES string of the molecule is C#C/C=C\C(=C/C)CC(C)/C(C)=C\CCCCC.C=C.C=C(C)/C=C\CC. The lowest BCUT2D eigenvalue weighted by Crippen LogP contribution is -1.98. The normalized spacial score (nSPS) is 12.6. The standard InChI is InChI=1S/C18H28.C7H12.C2H4/c1-6-9-11-12-13-16(4)17(5)15-18(8-3)14-10-7-2;1-4-5-6-7(2)3;1-2/h2,8,10,13-14,17H,6,9,11-12,15H2,1,3-5H3;5-6H,2,4H2,1,3H3;1-2H2/b14-10-,16-13-,18-8+;6-5-;. The van der Waals surface area contributed by atoms with Crippen molar-refractivity contribution in [3.63, 3.8) is 0 Å². The average Bonchev–Trinajstić information content (AvgIpc) is 2.68. The zero-order valence-electron chi connectivity index (χ0n) is 19.0. The molecule has 0 heteroatoms. The van der Waals surface area contributed by atoms with E-state index in [1.165, 1.54) is 36.8 Å². The molecule has 0 nitrogen and oxygen atoms in total. The van der Waals surface area contributed by atoms with Crippen LogP contribution in [0.1, 0.15) is 80.1 Å². The molecule has 0 aliphatic heterocycles. The average molecular weight is 369 g/mol. The Bertz CT molecular complexity index is 503. The molecule has 0 N–H and O–H groups in total. The minimum atomic E-state index is 0.597. The minimum absolute atomic E-state index is 0.597. The van der Waals surface area contributed by atoms with Gasteiger partial charge in [0, 0.05) is 0 Å². The summed E-state index contributed by atoms with van der Waals surface area (Å²) in [6, 6.07) is 0. The molecule has 0 fully saturated rings. The molecule has 0 rings (SSSR count). The second-order valence-corrected chi connectivity index (χ2v) is 6.57. The highest BCUT2D eigenvalue weighted by Gasteiger charge is 2.05. The first-order valence-corrected chi connectivity index (χ1v) is 10.2. The topological polar surface area (TPSA) is 0 Å². The van der Waals surface area contributed by atoms with Crippen LogP contribution in [0.2, 0.25) is 0 Å². The van der Waals surface area contributed by atoms with Crippen LogP contribution in [-0.2, 0) is 0 Å². The van der Waals surface area contributed by atoms with Gasteiger partial charge in [-0.05, 0) is 58.4 Å². The summed E-state index contributed by atoms with van der Waals surface area (Å²) in [7, 11) is 0. The van der Waals surface area contributed by atoms with E-state index in [-0.39, 0.29) is 0 Å². The molecule has 0 aromatic heterocycles. The maximum absolute atomic E-state index is 5.24. The van der Waals surface area contributed by atoms with E-state index in [0.717, 1.165) is 18.4 Å². The number of terminal acetylenes is 1. The van der Waals surface area contributed by atoms with E-state index in [0.29, 0.717) is 5.92 Å². The summed E-state index contributed by atoms with van der Waals surface area (Å²) in [6.07, 6.45) is 25.1. The van der Waals surface area contributed by atoms with Gasteiger partial charge in [0.15, 0.2) is 0 Å². The highest BCUT2D eigenvalue weighted by molar-refractivity contribution is 5.25. The van der Waals surface area contributed by atoms with Crippen molar-refractivity contribution in [3.8, 4) is 12.3 Å². The Morgan fingerprint density at radius 2 is 1.74 bits per heavy atom. The van der Waals surface area contributed by atoms with Crippen molar-refractivity contribution in [2.75, 3.05) is 0 Å². The van der Waals surface area contributed by atoms with Gasteiger partial charge >= 0.3 is 0 Å². The fraction of sp³-hybridized carbons (Fsp3) is 0.481. The van der Waals surface area contributed by atoms with E-state index in [1.807, 2.05) is 19.1 Å². The Hall–Kier alpha value is -2.00. The third-order valence-electron chi connectivity index (χ3n) is 4.00. The Labute approximate surface area is 171 Å². The number of hydrogen-bond donors (Lipinski definition) is 0. The van der Waals surface area contributed by atoms with Gasteiger partial charge in [0.1, 0.15) is 0 Å². The molecular weight excluding hydrogens is 324 g/mol. The maximum Gasteiger partial charge on any atom is -0.0119 e. The molecule has 0 aliphatic carbocycles. The predicted molar refractivity (Wildman–Crippen MR) is 129 cm³/mol. The van der Waals surface area contributed by atoms with Gasteiger partial charge in [0.2, 0.25) is 0 Å². The molecule has 0 bridgehead atoms. The third-order valence-corrected chi connectivity index (χ3v) is 4.00. The summed E-state index contributed by atoms with van der Waals surface area (Å²) < 4.78 is 0. The zero-order valence-corrected chi connectivity index (χ0v) is 19.0. The largest absolute Gasteiger partial charge is 0.115 e. The molecule has 0 aliphatic rings. The van der Waals surface area contributed by atoms with Gasteiger partial charge in [-0.1, -0.05) is 93.2 Å². The molecule has 0 saturated heterocycles. The van der Waals surface area contributed by atoms with Crippen LogP contribution >= 0.6 is 0 Å². The van der Waals surface area contributed by atoms with Crippen molar-refractivity contribution in [3.05, 3.63) is 72.9 Å². The van der Waals surface area contributed by atoms with E-state index in [4.69, 9.17) is 6.42 Å². The highest BCUT2D eigenvalue weighted by Crippen LogP contribution is 2.21. The maximum atomic E-state index is 5.24. The van der Waals surface area contributed by atoms with Crippen molar-refractivity contribution >= 4 is 0 Å². The Balaban J connectivity index is -0.000000535. The van der Waals surface area contributed by atoms with Gasteiger partial charge in [-0.25, -0.2) is 0 Å². The molecule has 0 radical (unpaired) electrons. The number of rotatable bonds is 10. The summed E-state index contributed by atoms with van der Waals surface area (Å²) in [5, 5.41) is 0. The monoisotopic (exact) mass is 368 g/mol. The van der Waals surface area contributed by atoms with Crippen LogP contribution in [0.5, 0.6) is 0 Å². The van der Waals surface area contributed by atoms with E-state index in [2.05, 4.69) is 78.5 Å². The lowest BCUT2D eigenvalue weighted by Gasteiger charge is -2.13. The quantitative estimate of drug-likeness (QED) is 0.156. The van der Waals surface area contributed by atoms with E-state index < -0.39 is 0 Å². The first-order chi connectivity index (χ1) is 12.9. The fourth-order valence-corrected chi connectivity index (χ4v) is 2.20. The van der Waals surface area contributed by atoms with Crippen molar-refractivity contribution in [2.24, 2.45) is 5.92 Å². The molecule has 27 heavy (non-hydrogen) atoms. The molecular formula is C27H44. The first kappa shape index (κ1) is 29.8. The van der Waals surface area contributed by atoms with Crippen molar-refractivity contribution < 1.29 is 0 Å². The Kier molecular flexibility index (Phi) is 26.4. The molecule has 0 heterocycles. The van der Waals surface area contributed by atoms with Crippen LogP contribution in [0.3, 0.4) is 0 Å². The first-order valence-electron chi connectivity index (χ1n) is 10.2. The zero-order chi connectivity index (χ0) is 21.5. The van der Waals surface area contributed by atoms with Crippen LogP contribution in [0.15, 0.2) is 72.9 Å². The molecule has 1 atom stereocenters. The molecule has 1 unspecified atom stereocenters. The van der Waals surface area contributed by atoms with E-state index >= 15 is 0 Å². The molecule has 152 valence electrons. The Morgan fingerprint density at radius 3 is 2.15 bits per heavy atom. The number of allylic oxidation sites excluding steroid dienone is 9. The lowest BCUT2D eigenvalue weighted by atomic mass is 9.93. The second kappa shape index (κ2) is 24.0. The Morgan fingerprint density at radius 1 is 1.11 bits per heavy atom. The van der Waals surface area contributed by atoms with Gasteiger partial charge in [-0.2, -0.15) is 0 Å². The van der Waals surface area contributed by atoms with Crippen LogP contribution in [0, 0.1) is 18.3 Å². The summed E-state index contributed by atoms with van der Waals surface area (Å²) in [4.78, 5) is 0. The van der Waals surface area contributed by atoms with E-state index in [1.54, 1.807) is 6.08 Å².